The highest BCUT2D eigenvalue weighted by Crippen LogP contribution is 2.06. The maximum atomic E-state index is 8.95. The molecule has 0 aliphatic heterocycles. The first-order valence-electron chi connectivity index (χ1n) is 5.53. The third kappa shape index (κ3) is 4.99. The zero-order valence-corrected chi connectivity index (χ0v) is 9.69. The maximum absolute atomic E-state index is 8.95. The molecule has 0 fully saturated rings. The zero-order chi connectivity index (χ0) is 11.7. The minimum atomic E-state index is -0.0753. The van der Waals surface area contributed by atoms with Crippen molar-refractivity contribution in [2.75, 3.05) is 19.7 Å². The van der Waals surface area contributed by atoms with Crippen LogP contribution in [0, 0.1) is 0 Å². The SMILES string of the molecule is CCCCN(CCO)C(CC)C(N)=NO. The predicted molar refractivity (Wildman–Crippen MR) is 61.1 cm³/mol. The molecule has 1 unspecified atom stereocenters. The lowest BCUT2D eigenvalue weighted by molar-refractivity contribution is 0.170. The van der Waals surface area contributed by atoms with Crippen molar-refractivity contribution in [3.8, 4) is 0 Å². The van der Waals surface area contributed by atoms with Crippen molar-refractivity contribution in [3.63, 3.8) is 0 Å². The van der Waals surface area contributed by atoms with E-state index in [9.17, 15) is 0 Å². The number of hydrogen-bond donors (Lipinski definition) is 3. The van der Waals surface area contributed by atoms with E-state index in [-0.39, 0.29) is 18.5 Å². The van der Waals surface area contributed by atoms with E-state index in [0.717, 1.165) is 25.8 Å². The van der Waals surface area contributed by atoms with E-state index in [1.54, 1.807) is 0 Å². The second-order valence-electron chi connectivity index (χ2n) is 3.56. The highest BCUT2D eigenvalue weighted by molar-refractivity contribution is 5.85. The van der Waals surface area contributed by atoms with Gasteiger partial charge in [0.1, 0.15) is 0 Å². The number of amidine groups is 1. The molecule has 0 aliphatic carbocycles. The van der Waals surface area contributed by atoms with Gasteiger partial charge in [-0.2, -0.15) is 0 Å². The lowest BCUT2D eigenvalue weighted by atomic mass is 10.1. The Morgan fingerprint density at radius 3 is 2.47 bits per heavy atom. The van der Waals surface area contributed by atoms with Crippen LogP contribution in [0.15, 0.2) is 5.16 Å². The molecule has 0 rings (SSSR count). The van der Waals surface area contributed by atoms with Crippen LogP contribution < -0.4 is 5.73 Å². The topological polar surface area (TPSA) is 82.1 Å². The van der Waals surface area contributed by atoms with Gasteiger partial charge in [-0.1, -0.05) is 25.4 Å². The minimum Gasteiger partial charge on any atom is -0.409 e. The van der Waals surface area contributed by atoms with E-state index in [0.29, 0.717) is 6.54 Å². The second-order valence-corrected chi connectivity index (χ2v) is 3.56. The third-order valence-electron chi connectivity index (χ3n) is 2.47. The summed E-state index contributed by atoms with van der Waals surface area (Å²) in [7, 11) is 0. The van der Waals surface area contributed by atoms with Gasteiger partial charge in [0.25, 0.3) is 0 Å². The Morgan fingerprint density at radius 1 is 1.40 bits per heavy atom. The molecule has 1 atom stereocenters. The molecular weight excluding hydrogens is 194 g/mol. The molecule has 4 N–H and O–H groups in total. The summed E-state index contributed by atoms with van der Waals surface area (Å²) in [6, 6.07) is -0.0753. The van der Waals surface area contributed by atoms with Crippen molar-refractivity contribution in [1.29, 1.82) is 0 Å². The normalized spacial score (nSPS) is 14.5. The molecule has 90 valence electrons. The summed E-state index contributed by atoms with van der Waals surface area (Å²) in [5.74, 6) is 0.224. The highest BCUT2D eigenvalue weighted by atomic mass is 16.4. The lowest BCUT2D eigenvalue weighted by Crippen LogP contribution is -2.46. The number of nitrogens with two attached hydrogens (primary N) is 1. The van der Waals surface area contributed by atoms with E-state index in [4.69, 9.17) is 16.0 Å². The Balaban J connectivity index is 4.39. The van der Waals surface area contributed by atoms with Gasteiger partial charge in [-0.05, 0) is 19.4 Å². The van der Waals surface area contributed by atoms with E-state index < -0.39 is 0 Å². The average molecular weight is 217 g/mol. The van der Waals surface area contributed by atoms with Gasteiger partial charge in [-0.3, -0.25) is 4.90 Å². The summed E-state index contributed by atoms with van der Waals surface area (Å²) >= 11 is 0. The fourth-order valence-electron chi connectivity index (χ4n) is 1.63. The summed E-state index contributed by atoms with van der Waals surface area (Å²) in [6.07, 6.45) is 2.92. The molecule has 0 amide bonds. The molecule has 0 aromatic heterocycles. The van der Waals surface area contributed by atoms with Crippen molar-refractivity contribution < 1.29 is 10.3 Å². The largest absolute Gasteiger partial charge is 0.409 e. The van der Waals surface area contributed by atoms with Gasteiger partial charge in [-0.15, -0.1) is 0 Å². The molecule has 15 heavy (non-hydrogen) atoms. The quantitative estimate of drug-likeness (QED) is 0.241. The van der Waals surface area contributed by atoms with Gasteiger partial charge in [0.05, 0.1) is 12.6 Å². The molecule has 0 radical (unpaired) electrons. The summed E-state index contributed by atoms with van der Waals surface area (Å²) in [5, 5.41) is 20.6. The summed E-state index contributed by atoms with van der Waals surface area (Å²) in [6.45, 7) is 5.63. The number of nitrogens with zero attached hydrogens (tertiary/aromatic N) is 2. The van der Waals surface area contributed by atoms with Crippen molar-refractivity contribution in [2.45, 2.75) is 39.2 Å². The third-order valence-corrected chi connectivity index (χ3v) is 2.47. The Morgan fingerprint density at radius 2 is 2.07 bits per heavy atom. The van der Waals surface area contributed by atoms with Crippen LogP contribution in [0.1, 0.15) is 33.1 Å². The summed E-state index contributed by atoms with van der Waals surface area (Å²) in [5.41, 5.74) is 5.61. The van der Waals surface area contributed by atoms with Crippen molar-refractivity contribution in [2.24, 2.45) is 10.9 Å². The molecule has 5 heteroatoms. The van der Waals surface area contributed by atoms with Gasteiger partial charge in [0, 0.05) is 6.54 Å². The monoisotopic (exact) mass is 217 g/mol. The van der Waals surface area contributed by atoms with Crippen LogP contribution >= 0.6 is 0 Å². The molecule has 0 bridgehead atoms. The molecule has 0 saturated carbocycles. The van der Waals surface area contributed by atoms with Crippen LogP contribution in [0.4, 0.5) is 0 Å². The van der Waals surface area contributed by atoms with Crippen LogP contribution in [-0.2, 0) is 0 Å². The number of rotatable bonds is 8. The number of hydrogen-bond acceptors (Lipinski definition) is 4. The van der Waals surface area contributed by atoms with E-state index in [1.165, 1.54) is 0 Å². The van der Waals surface area contributed by atoms with E-state index in [1.807, 2.05) is 6.92 Å². The molecule has 0 aromatic rings. The Bertz CT molecular complexity index is 186. The molecule has 0 saturated heterocycles. The average Bonchev–Trinajstić information content (AvgIpc) is 2.26. The molecular formula is C10H23N3O2. The molecule has 0 aromatic carbocycles. The van der Waals surface area contributed by atoms with Gasteiger partial charge in [0.2, 0.25) is 0 Å². The first kappa shape index (κ1) is 14.2. The number of aliphatic hydroxyl groups is 1. The van der Waals surface area contributed by atoms with Gasteiger partial charge in [-0.25, -0.2) is 0 Å². The standard InChI is InChI=1S/C10H23N3O2/c1-3-5-6-13(7-8-14)9(4-2)10(11)12-15/h9,14-15H,3-8H2,1-2H3,(H2,11,12). The van der Waals surface area contributed by atoms with E-state index >= 15 is 0 Å². The van der Waals surface area contributed by atoms with Crippen LogP contribution in [0.5, 0.6) is 0 Å². The maximum Gasteiger partial charge on any atom is 0.156 e. The van der Waals surface area contributed by atoms with Gasteiger partial charge < -0.3 is 16.0 Å². The first-order valence-corrected chi connectivity index (χ1v) is 5.53. The van der Waals surface area contributed by atoms with Crippen molar-refractivity contribution >= 4 is 5.84 Å². The predicted octanol–water partition coefficient (Wildman–Crippen LogP) is 0.606. The second kappa shape index (κ2) is 8.49. The Hall–Kier alpha value is -0.810. The Kier molecular flexibility index (Phi) is 8.04. The number of oxime groups is 1. The van der Waals surface area contributed by atoms with Crippen LogP contribution in [0.2, 0.25) is 0 Å². The Labute approximate surface area is 91.6 Å². The smallest absolute Gasteiger partial charge is 0.156 e. The molecule has 0 aliphatic rings. The zero-order valence-electron chi connectivity index (χ0n) is 9.69. The van der Waals surface area contributed by atoms with Crippen molar-refractivity contribution in [1.82, 2.24) is 4.90 Å². The summed E-state index contributed by atoms with van der Waals surface area (Å²) in [4.78, 5) is 2.05. The van der Waals surface area contributed by atoms with Gasteiger partial charge in [0.15, 0.2) is 5.84 Å². The summed E-state index contributed by atoms with van der Waals surface area (Å²) < 4.78 is 0. The number of unbranched alkanes of at least 4 members (excludes halogenated alkanes) is 1. The van der Waals surface area contributed by atoms with Crippen LogP contribution in [-0.4, -0.2) is 46.8 Å². The fraction of sp³-hybridized carbons (Fsp3) is 0.900. The van der Waals surface area contributed by atoms with Crippen LogP contribution in [0.3, 0.4) is 0 Å². The fourth-order valence-corrected chi connectivity index (χ4v) is 1.63. The highest BCUT2D eigenvalue weighted by Gasteiger charge is 2.19. The molecule has 0 heterocycles. The molecule has 5 nitrogen and oxygen atoms in total. The molecule has 0 spiro atoms. The van der Waals surface area contributed by atoms with Crippen molar-refractivity contribution in [3.05, 3.63) is 0 Å². The lowest BCUT2D eigenvalue weighted by Gasteiger charge is -2.29. The van der Waals surface area contributed by atoms with E-state index in [2.05, 4.69) is 17.0 Å². The number of aliphatic hydroxyl groups excluding tert-OH is 1. The first-order chi connectivity index (χ1) is 7.21. The van der Waals surface area contributed by atoms with Crippen LogP contribution in [0.25, 0.3) is 0 Å². The van der Waals surface area contributed by atoms with Gasteiger partial charge >= 0.3 is 0 Å². The minimum absolute atomic E-state index is 0.0753.